The quantitative estimate of drug-likeness (QED) is 0.424. The van der Waals surface area contributed by atoms with Crippen LogP contribution in [0.2, 0.25) is 0 Å². The minimum absolute atomic E-state index is 0.680. The Balaban J connectivity index is 1.50. The summed E-state index contributed by atoms with van der Waals surface area (Å²) < 4.78 is 0. The maximum Gasteiger partial charge on any atom is 0.162 e. The molecular formula is C26H17N5. The van der Waals surface area contributed by atoms with Crippen LogP contribution in [0.3, 0.4) is 0 Å². The van der Waals surface area contributed by atoms with Crippen molar-refractivity contribution in [3.63, 3.8) is 0 Å². The van der Waals surface area contributed by atoms with E-state index in [9.17, 15) is 0 Å². The molecule has 5 aromatic rings. The highest BCUT2D eigenvalue weighted by Crippen LogP contribution is 2.28. The molecule has 0 radical (unpaired) electrons. The molecule has 0 fully saturated rings. The van der Waals surface area contributed by atoms with E-state index in [1.807, 2.05) is 72.8 Å². The molecule has 0 spiro atoms. The fourth-order valence-corrected chi connectivity index (χ4v) is 3.92. The van der Waals surface area contributed by atoms with E-state index in [0.29, 0.717) is 11.6 Å². The van der Waals surface area contributed by atoms with Crippen molar-refractivity contribution in [2.45, 2.75) is 0 Å². The first kappa shape index (κ1) is 17.5. The maximum absolute atomic E-state index is 4.87. The smallest absolute Gasteiger partial charge is 0.162 e. The number of nitrogens with one attached hydrogen (secondary N) is 1. The first-order chi connectivity index (χ1) is 15.4. The van der Waals surface area contributed by atoms with Crippen LogP contribution in [-0.2, 0) is 0 Å². The van der Waals surface area contributed by atoms with Gasteiger partial charge < -0.3 is 5.32 Å². The van der Waals surface area contributed by atoms with Gasteiger partial charge in [0.15, 0.2) is 11.6 Å². The summed E-state index contributed by atoms with van der Waals surface area (Å²) in [4.78, 5) is 18.8. The van der Waals surface area contributed by atoms with Crippen molar-refractivity contribution in [1.82, 2.24) is 15.3 Å². The van der Waals surface area contributed by atoms with Crippen LogP contribution in [0.5, 0.6) is 0 Å². The molecule has 5 heteroatoms. The van der Waals surface area contributed by atoms with Gasteiger partial charge in [-0.25, -0.2) is 20.0 Å². The van der Waals surface area contributed by atoms with Gasteiger partial charge in [-0.3, -0.25) is 0 Å². The monoisotopic (exact) mass is 399 g/mol. The fourth-order valence-electron chi connectivity index (χ4n) is 3.92. The molecule has 3 aromatic carbocycles. The molecule has 0 saturated heterocycles. The van der Waals surface area contributed by atoms with Gasteiger partial charge in [-0.1, -0.05) is 72.8 Å². The number of pyridine rings is 2. The summed E-state index contributed by atoms with van der Waals surface area (Å²) >= 11 is 0. The SMILES string of the molecule is c1ccc2c(c1)/C(=N/c1nccc3ccccc13)N/C2=N/c1nccc2ccccc12. The number of benzene rings is 3. The topological polar surface area (TPSA) is 62.5 Å². The average Bonchev–Trinajstić information content (AvgIpc) is 3.17. The molecule has 0 unspecified atom stereocenters. The molecular weight excluding hydrogens is 382 g/mol. The van der Waals surface area contributed by atoms with Crippen LogP contribution in [0.15, 0.2) is 107 Å². The van der Waals surface area contributed by atoms with Gasteiger partial charge in [-0.2, -0.15) is 0 Å². The minimum Gasteiger partial charge on any atom is -0.324 e. The van der Waals surface area contributed by atoms with Gasteiger partial charge in [-0.05, 0) is 22.9 Å². The molecule has 3 heterocycles. The lowest BCUT2D eigenvalue weighted by atomic mass is 10.1. The summed E-state index contributed by atoms with van der Waals surface area (Å²) in [6.45, 7) is 0. The molecule has 0 bridgehead atoms. The predicted octanol–water partition coefficient (Wildman–Crippen LogP) is 5.54. The van der Waals surface area contributed by atoms with Crippen molar-refractivity contribution in [1.29, 1.82) is 0 Å². The Morgan fingerprint density at radius 2 is 0.968 bits per heavy atom. The van der Waals surface area contributed by atoms with Crippen molar-refractivity contribution < 1.29 is 0 Å². The molecule has 0 atom stereocenters. The highest BCUT2D eigenvalue weighted by Gasteiger charge is 2.24. The van der Waals surface area contributed by atoms with Gasteiger partial charge >= 0.3 is 0 Å². The molecule has 6 rings (SSSR count). The normalized spacial score (nSPS) is 15.5. The molecule has 0 amide bonds. The molecule has 1 aliphatic rings. The number of amidine groups is 2. The number of aromatic nitrogens is 2. The molecule has 0 aliphatic carbocycles. The second-order valence-corrected chi connectivity index (χ2v) is 7.30. The van der Waals surface area contributed by atoms with Crippen molar-refractivity contribution in [2.75, 3.05) is 0 Å². The number of rotatable bonds is 2. The van der Waals surface area contributed by atoms with Crippen molar-refractivity contribution in [3.8, 4) is 0 Å². The summed E-state index contributed by atoms with van der Waals surface area (Å²) in [5.41, 5.74) is 1.99. The van der Waals surface area contributed by atoms with E-state index in [-0.39, 0.29) is 0 Å². The van der Waals surface area contributed by atoms with Crippen molar-refractivity contribution in [2.24, 2.45) is 9.98 Å². The lowest BCUT2D eigenvalue weighted by molar-refractivity contribution is 1.25. The highest BCUT2D eigenvalue weighted by atomic mass is 15.1. The Bertz CT molecular complexity index is 1390. The summed E-state index contributed by atoms with van der Waals surface area (Å²) in [6, 6.07) is 28.3. The summed E-state index contributed by atoms with van der Waals surface area (Å²) in [5.74, 6) is 2.83. The minimum atomic E-state index is 0.680. The average molecular weight is 399 g/mol. The molecule has 0 saturated carbocycles. The Kier molecular flexibility index (Phi) is 4.03. The van der Waals surface area contributed by atoms with Crippen LogP contribution < -0.4 is 5.32 Å². The highest BCUT2D eigenvalue weighted by molar-refractivity contribution is 6.26. The van der Waals surface area contributed by atoms with Crippen LogP contribution in [-0.4, -0.2) is 21.6 Å². The zero-order valence-corrected chi connectivity index (χ0v) is 16.5. The van der Waals surface area contributed by atoms with Crippen LogP contribution in [0, 0.1) is 0 Å². The summed E-state index contributed by atoms with van der Waals surface area (Å²) in [5, 5.41) is 7.64. The predicted molar refractivity (Wildman–Crippen MR) is 125 cm³/mol. The van der Waals surface area contributed by atoms with E-state index < -0.39 is 0 Å². The third-order valence-electron chi connectivity index (χ3n) is 5.41. The van der Waals surface area contributed by atoms with E-state index in [2.05, 4.69) is 27.4 Å². The third kappa shape index (κ3) is 3.04. The molecule has 1 N–H and O–H groups in total. The van der Waals surface area contributed by atoms with E-state index in [0.717, 1.165) is 44.3 Å². The largest absolute Gasteiger partial charge is 0.324 e. The van der Waals surface area contributed by atoms with Crippen LogP contribution >= 0.6 is 0 Å². The van der Waals surface area contributed by atoms with E-state index >= 15 is 0 Å². The Morgan fingerprint density at radius 1 is 0.516 bits per heavy atom. The van der Waals surface area contributed by atoms with Gasteiger partial charge in [0, 0.05) is 34.3 Å². The molecule has 1 aliphatic heterocycles. The number of hydrogen-bond donors (Lipinski definition) is 1. The van der Waals surface area contributed by atoms with Gasteiger partial charge in [0.25, 0.3) is 0 Å². The second-order valence-electron chi connectivity index (χ2n) is 7.30. The van der Waals surface area contributed by atoms with E-state index in [1.165, 1.54) is 0 Å². The lowest BCUT2D eigenvalue weighted by Crippen LogP contribution is -2.22. The lowest BCUT2D eigenvalue weighted by Gasteiger charge is -2.04. The summed E-state index contributed by atoms with van der Waals surface area (Å²) in [6.07, 6.45) is 3.58. The van der Waals surface area contributed by atoms with Crippen molar-refractivity contribution in [3.05, 3.63) is 108 Å². The van der Waals surface area contributed by atoms with Gasteiger partial charge in [0.2, 0.25) is 0 Å². The molecule has 5 nitrogen and oxygen atoms in total. The van der Waals surface area contributed by atoms with Crippen LogP contribution in [0.4, 0.5) is 11.6 Å². The number of nitrogens with zero attached hydrogens (tertiary/aromatic N) is 4. The molecule has 2 aromatic heterocycles. The summed E-state index contributed by atoms with van der Waals surface area (Å²) in [7, 11) is 0. The zero-order valence-electron chi connectivity index (χ0n) is 16.5. The van der Waals surface area contributed by atoms with Crippen LogP contribution in [0.25, 0.3) is 21.5 Å². The maximum atomic E-state index is 4.87. The second kappa shape index (κ2) is 7.15. The molecule has 31 heavy (non-hydrogen) atoms. The van der Waals surface area contributed by atoms with E-state index in [1.54, 1.807) is 12.4 Å². The Morgan fingerprint density at radius 3 is 1.48 bits per heavy atom. The van der Waals surface area contributed by atoms with E-state index in [4.69, 9.17) is 9.98 Å². The Hall–Kier alpha value is -4.38. The Labute approximate surface area is 178 Å². The first-order valence-corrected chi connectivity index (χ1v) is 10.1. The fraction of sp³-hybridized carbons (Fsp3) is 0. The van der Waals surface area contributed by atoms with Gasteiger partial charge in [-0.15, -0.1) is 0 Å². The zero-order chi connectivity index (χ0) is 20.6. The number of fused-ring (bicyclic) bond motifs is 3. The van der Waals surface area contributed by atoms with Crippen LogP contribution in [0.1, 0.15) is 11.1 Å². The van der Waals surface area contributed by atoms with Crippen molar-refractivity contribution >= 4 is 44.9 Å². The third-order valence-corrected chi connectivity index (χ3v) is 5.41. The number of hydrogen-bond acceptors (Lipinski definition) is 4. The van der Waals surface area contributed by atoms with Gasteiger partial charge in [0.1, 0.15) is 11.7 Å². The number of aliphatic imine (C=N–C) groups is 2. The first-order valence-electron chi connectivity index (χ1n) is 10.1. The molecule has 146 valence electrons. The van der Waals surface area contributed by atoms with Gasteiger partial charge in [0.05, 0.1) is 0 Å². The standard InChI is InChI=1S/C26H17N5/c1-3-9-19-17(7-1)13-15-27-23(19)29-25-21-11-5-6-12-22(21)26(31-25)30-24-20-10-4-2-8-18(20)14-16-28-24/h1-16H,(H,27,28,29,30,31).